The molecule has 7 heteroatoms. The Balaban J connectivity index is 1.99. The minimum absolute atomic E-state index is 0.374. The summed E-state index contributed by atoms with van der Waals surface area (Å²) in [6.07, 6.45) is 0. The number of hydrogen-bond donors (Lipinski definition) is 2. The van der Waals surface area contributed by atoms with E-state index in [1.54, 1.807) is 31.0 Å². The second kappa shape index (κ2) is 7.99. The molecule has 0 unspecified atom stereocenters. The normalized spacial score (nSPS) is 12.0. The minimum atomic E-state index is -0.525. The first-order valence-corrected chi connectivity index (χ1v) is 7.86. The fourth-order valence-corrected chi connectivity index (χ4v) is 2.22. The van der Waals surface area contributed by atoms with Gasteiger partial charge in [0.05, 0.1) is 12.6 Å². The molecule has 128 valence electrons. The Hall–Kier alpha value is -2.31. The lowest BCUT2D eigenvalue weighted by Gasteiger charge is -2.22. The average molecular weight is 350 g/mol. The number of nitrogens with zero attached hydrogens (tertiary/aromatic N) is 1. The van der Waals surface area contributed by atoms with Crippen molar-refractivity contribution < 1.29 is 14.0 Å². The lowest BCUT2D eigenvalue weighted by atomic mass is 10.2. The number of urea groups is 1. The summed E-state index contributed by atoms with van der Waals surface area (Å²) in [6, 6.07) is 10.1. The largest absolute Gasteiger partial charge is 0.460 e. The van der Waals surface area contributed by atoms with Crippen LogP contribution in [0.2, 0.25) is 5.02 Å². The molecule has 2 N–H and O–H groups in total. The van der Waals surface area contributed by atoms with Crippen LogP contribution in [0.1, 0.15) is 12.7 Å². The number of imide groups is 1. The predicted octanol–water partition coefficient (Wildman–Crippen LogP) is 2.88. The number of carbonyl (C=O) groups excluding carboxylic acids is 2. The molecular weight excluding hydrogens is 330 g/mol. The van der Waals surface area contributed by atoms with Gasteiger partial charge in [-0.3, -0.25) is 15.0 Å². The first-order valence-electron chi connectivity index (χ1n) is 7.48. The summed E-state index contributed by atoms with van der Waals surface area (Å²) in [5, 5.41) is 5.27. The number of furan rings is 1. The molecule has 2 aromatic rings. The summed E-state index contributed by atoms with van der Waals surface area (Å²) < 4.78 is 5.82. The minimum Gasteiger partial charge on any atom is -0.460 e. The second-order valence-electron chi connectivity index (χ2n) is 5.43. The third kappa shape index (κ3) is 4.59. The van der Waals surface area contributed by atoms with Crippen LogP contribution in [0.25, 0.3) is 11.3 Å². The van der Waals surface area contributed by atoms with Crippen LogP contribution in [0.4, 0.5) is 4.79 Å². The van der Waals surface area contributed by atoms with Gasteiger partial charge in [0.15, 0.2) is 0 Å². The number of hydrogen-bond acceptors (Lipinski definition) is 4. The molecule has 0 spiro atoms. The van der Waals surface area contributed by atoms with Gasteiger partial charge in [-0.1, -0.05) is 11.6 Å². The smallest absolute Gasteiger partial charge is 0.321 e. The van der Waals surface area contributed by atoms with E-state index in [-0.39, 0.29) is 5.91 Å². The summed E-state index contributed by atoms with van der Waals surface area (Å²) in [5.74, 6) is 1.08. The summed E-state index contributed by atoms with van der Waals surface area (Å²) in [5.41, 5.74) is 0.929. The first kappa shape index (κ1) is 18.0. The third-order valence-electron chi connectivity index (χ3n) is 3.70. The van der Waals surface area contributed by atoms with Crippen molar-refractivity contribution in [2.75, 3.05) is 14.1 Å². The summed E-state index contributed by atoms with van der Waals surface area (Å²) >= 11 is 5.88. The highest BCUT2D eigenvalue weighted by Gasteiger charge is 2.20. The van der Waals surface area contributed by atoms with Gasteiger partial charge < -0.3 is 9.73 Å². The lowest BCUT2D eigenvalue weighted by Crippen LogP contribution is -2.47. The Labute approximate surface area is 145 Å². The molecule has 24 heavy (non-hydrogen) atoms. The zero-order valence-corrected chi connectivity index (χ0v) is 14.6. The van der Waals surface area contributed by atoms with Crippen LogP contribution in [-0.2, 0) is 11.3 Å². The van der Waals surface area contributed by atoms with Gasteiger partial charge >= 0.3 is 6.03 Å². The van der Waals surface area contributed by atoms with E-state index in [1.807, 2.05) is 24.3 Å². The molecule has 0 saturated heterocycles. The molecule has 0 aliphatic heterocycles. The zero-order valence-electron chi connectivity index (χ0n) is 13.8. The Kier molecular flexibility index (Phi) is 6.00. The van der Waals surface area contributed by atoms with Crippen molar-refractivity contribution in [3.05, 3.63) is 47.2 Å². The van der Waals surface area contributed by atoms with Gasteiger partial charge in [-0.15, -0.1) is 0 Å². The molecule has 6 nitrogen and oxygen atoms in total. The number of rotatable bonds is 5. The van der Waals surface area contributed by atoms with Crippen LogP contribution in [0, 0.1) is 0 Å². The van der Waals surface area contributed by atoms with Gasteiger partial charge in [0.1, 0.15) is 11.5 Å². The van der Waals surface area contributed by atoms with Gasteiger partial charge in [-0.05, 0) is 50.4 Å². The molecule has 0 aliphatic carbocycles. The van der Waals surface area contributed by atoms with Gasteiger partial charge in [0.25, 0.3) is 0 Å². The lowest BCUT2D eigenvalue weighted by molar-refractivity contribution is -0.124. The number of benzene rings is 1. The number of carbonyl (C=O) groups is 2. The maximum absolute atomic E-state index is 11.9. The maximum atomic E-state index is 11.9. The standard InChI is InChI=1S/C17H20ClN3O3/c1-11(16(22)20-17(23)19-2)21(3)10-14-8-9-15(24-14)12-4-6-13(18)7-5-12/h4-9,11H,10H2,1-3H3,(H2,19,20,22,23)/t11-/m0/s1. The van der Waals surface area contributed by atoms with Crippen molar-refractivity contribution >= 4 is 23.5 Å². The van der Waals surface area contributed by atoms with Crippen molar-refractivity contribution in [3.63, 3.8) is 0 Å². The van der Waals surface area contributed by atoms with E-state index in [4.69, 9.17) is 16.0 Å². The maximum Gasteiger partial charge on any atom is 0.321 e. The predicted molar refractivity (Wildman–Crippen MR) is 92.7 cm³/mol. The van der Waals surface area contributed by atoms with E-state index >= 15 is 0 Å². The monoisotopic (exact) mass is 349 g/mol. The van der Waals surface area contributed by atoms with E-state index in [9.17, 15) is 9.59 Å². The molecule has 2 rings (SSSR count). The SMILES string of the molecule is CNC(=O)NC(=O)[C@H](C)N(C)Cc1ccc(-c2ccc(Cl)cc2)o1. The van der Waals surface area contributed by atoms with Gasteiger partial charge in [-0.25, -0.2) is 4.79 Å². The summed E-state index contributed by atoms with van der Waals surface area (Å²) in [7, 11) is 3.25. The van der Waals surface area contributed by atoms with Crippen LogP contribution in [-0.4, -0.2) is 37.0 Å². The second-order valence-corrected chi connectivity index (χ2v) is 5.87. The average Bonchev–Trinajstić information content (AvgIpc) is 3.02. The van der Waals surface area contributed by atoms with Gasteiger partial charge in [0, 0.05) is 17.6 Å². The van der Waals surface area contributed by atoms with E-state index in [2.05, 4.69) is 10.6 Å². The molecule has 1 atom stereocenters. The van der Waals surface area contributed by atoms with Crippen LogP contribution < -0.4 is 10.6 Å². The third-order valence-corrected chi connectivity index (χ3v) is 3.95. The highest BCUT2D eigenvalue weighted by Crippen LogP contribution is 2.24. The molecule has 0 aliphatic rings. The van der Waals surface area contributed by atoms with Crippen molar-refractivity contribution in [1.82, 2.24) is 15.5 Å². The molecule has 0 bridgehead atoms. The van der Waals surface area contributed by atoms with Crippen molar-refractivity contribution in [1.29, 1.82) is 0 Å². The number of amides is 3. The Bertz CT molecular complexity index is 712. The van der Waals surface area contributed by atoms with Crippen molar-refractivity contribution in [3.8, 4) is 11.3 Å². The Morgan fingerprint density at radius 3 is 2.50 bits per heavy atom. The number of nitrogens with one attached hydrogen (secondary N) is 2. The molecule has 0 radical (unpaired) electrons. The van der Waals surface area contributed by atoms with E-state index < -0.39 is 12.1 Å². The molecule has 0 fully saturated rings. The van der Waals surface area contributed by atoms with Crippen molar-refractivity contribution in [2.24, 2.45) is 0 Å². The quantitative estimate of drug-likeness (QED) is 0.870. The molecule has 1 aromatic carbocycles. The molecule has 0 saturated carbocycles. The molecule has 3 amide bonds. The van der Waals surface area contributed by atoms with E-state index in [0.717, 1.165) is 17.1 Å². The summed E-state index contributed by atoms with van der Waals surface area (Å²) in [4.78, 5) is 24.9. The molecular formula is C17H20ClN3O3. The number of halogens is 1. The first-order chi connectivity index (χ1) is 11.4. The van der Waals surface area contributed by atoms with Crippen LogP contribution in [0.3, 0.4) is 0 Å². The van der Waals surface area contributed by atoms with Gasteiger partial charge in [-0.2, -0.15) is 0 Å². The zero-order chi connectivity index (χ0) is 17.7. The summed E-state index contributed by atoms with van der Waals surface area (Å²) in [6.45, 7) is 2.16. The van der Waals surface area contributed by atoms with Crippen LogP contribution in [0.15, 0.2) is 40.8 Å². The Morgan fingerprint density at radius 2 is 1.88 bits per heavy atom. The highest BCUT2D eigenvalue weighted by molar-refractivity contribution is 6.30. The molecule has 1 aromatic heterocycles. The van der Waals surface area contributed by atoms with E-state index in [0.29, 0.717) is 11.6 Å². The van der Waals surface area contributed by atoms with Gasteiger partial charge in [0.2, 0.25) is 5.91 Å². The topological polar surface area (TPSA) is 74.6 Å². The fraction of sp³-hybridized carbons (Fsp3) is 0.294. The fourth-order valence-electron chi connectivity index (χ4n) is 2.09. The highest BCUT2D eigenvalue weighted by atomic mass is 35.5. The van der Waals surface area contributed by atoms with Crippen molar-refractivity contribution in [2.45, 2.75) is 19.5 Å². The Morgan fingerprint density at radius 1 is 1.21 bits per heavy atom. The molecule has 1 heterocycles. The van der Waals surface area contributed by atoms with Crippen LogP contribution >= 0.6 is 11.6 Å². The van der Waals surface area contributed by atoms with Crippen LogP contribution in [0.5, 0.6) is 0 Å². The van der Waals surface area contributed by atoms with E-state index in [1.165, 1.54) is 7.05 Å². The number of likely N-dealkylation sites (N-methyl/N-ethyl adjacent to an activating group) is 1.